The van der Waals surface area contributed by atoms with Gasteiger partial charge in [0, 0.05) is 18.7 Å². The summed E-state index contributed by atoms with van der Waals surface area (Å²) in [6, 6.07) is 6.96. The molecule has 1 unspecified atom stereocenters. The van der Waals surface area contributed by atoms with E-state index in [-0.39, 0.29) is 11.7 Å². The highest BCUT2D eigenvalue weighted by Gasteiger charge is 2.23. The van der Waals surface area contributed by atoms with E-state index in [1.54, 1.807) is 31.2 Å². The molecule has 0 radical (unpaired) electrons. The number of rotatable bonds is 4. The average Bonchev–Trinajstić information content (AvgIpc) is 2.47. The number of amides is 1. The molecule has 1 amide bonds. The minimum absolute atomic E-state index is 0.00883. The second-order valence-corrected chi connectivity index (χ2v) is 5.23. The minimum atomic E-state index is -0.518. The highest BCUT2D eigenvalue weighted by molar-refractivity contribution is 5.94. The Balaban J connectivity index is 1.99. The van der Waals surface area contributed by atoms with Crippen molar-refractivity contribution in [3.8, 4) is 5.75 Å². The molecule has 1 saturated heterocycles. The van der Waals surface area contributed by atoms with Crippen LogP contribution in [0.4, 0.5) is 0 Å². The summed E-state index contributed by atoms with van der Waals surface area (Å²) < 4.78 is 5.68. The first-order valence-electron chi connectivity index (χ1n) is 7.14. The first-order valence-corrected chi connectivity index (χ1v) is 7.14. The van der Waals surface area contributed by atoms with Gasteiger partial charge in [0.15, 0.2) is 11.9 Å². The monoisotopic (exact) mass is 275 g/mol. The molecule has 1 aromatic rings. The highest BCUT2D eigenvalue weighted by Crippen LogP contribution is 2.17. The van der Waals surface area contributed by atoms with Gasteiger partial charge in [-0.15, -0.1) is 0 Å². The fourth-order valence-electron chi connectivity index (χ4n) is 2.41. The molecule has 1 aliphatic heterocycles. The van der Waals surface area contributed by atoms with E-state index in [0.717, 1.165) is 25.9 Å². The number of carbonyl (C=O) groups excluding carboxylic acids is 2. The topological polar surface area (TPSA) is 46.6 Å². The van der Waals surface area contributed by atoms with Crippen LogP contribution >= 0.6 is 0 Å². The van der Waals surface area contributed by atoms with Crippen molar-refractivity contribution in [1.29, 1.82) is 0 Å². The van der Waals surface area contributed by atoms with Crippen molar-refractivity contribution in [3.05, 3.63) is 29.8 Å². The summed E-state index contributed by atoms with van der Waals surface area (Å²) >= 11 is 0. The lowest BCUT2D eigenvalue weighted by molar-refractivity contribution is -0.138. The average molecular weight is 275 g/mol. The largest absolute Gasteiger partial charge is 0.481 e. The molecule has 4 nitrogen and oxygen atoms in total. The van der Waals surface area contributed by atoms with Crippen LogP contribution in [0.15, 0.2) is 24.3 Å². The molecule has 0 saturated carbocycles. The van der Waals surface area contributed by atoms with Crippen LogP contribution in [-0.4, -0.2) is 35.8 Å². The maximum absolute atomic E-state index is 12.3. The molecule has 1 aromatic carbocycles. The van der Waals surface area contributed by atoms with Gasteiger partial charge in [0.1, 0.15) is 5.75 Å². The zero-order chi connectivity index (χ0) is 14.5. The van der Waals surface area contributed by atoms with Crippen LogP contribution in [0, 0.1) is 0 Å². The molecule has 1 heterocycles. The smallest absolute Gasteiger partial charge is 0.263 e. The second-order valence-electron chi connectivity index (χ2n) is 5.23. The van der Waals surface area contributed by atoms with Gasteiger partial charge in [-0.1, -0.05) is 12.1 Å². The molecule has 0 N–H and O–H groups in total. The van der Waals surface area contributed by atoms with Gasteiger partial charge in [-0.3, -0.25) is 9.59 Å². The number of nitrogens with zero attached hydrogens (tertiary/aromatic N) is 1. The molecule has 20 heavy (non-hydrogen) atoms. The summed E-state index contributed by atoms with van der Waals surface area (Å²) in [5.74, 6) is 0.582. The van der Waals surface area contributed by atoms with Crippen LogP contribution < -0.4 is 4.74 Å². The van der Waals surface area contributed by atoms with E-state index >= 15 is 0 Å². The number of ketones is 1. The molecule has 1 atom stereocenters. The van der Waals surface area contributed by atoms with Gasteiger partial charge in [0.2, 0.25) is 0 Å². The molecule has 4 heteroatoms. The molecule has 0 aromatic heterocycles. The lowest BCUT2D eigenvalue weighted by Gasteiger charge is -2.29. The van der Waals surface area contributed by atoms with Crippen LogP contribution in [0.25, 0.3) is 0 Å². The van der Waals surface area contributed by atoms with Gasteiger partial charge in [-0.2, -0.15) is 0 Å². The van der Waals surface area contributed by atoms with E-state index in [1.165, 1.54) is 13.3 Å². The van der Waals surface area contributed by atoms with Gasteiger partial charge in [-0.05, 0) is 45.2 Å². The van der Waals surface area contributed by atoms with Crippen LogP contribution in [0.2, 0.25) is 0 Å². The normalized spacial score (nSPS) is 16.6. The molecule has 1 aliphatic rings. The summed E-state index contributed by atoms with van der Waals surface area (Å²) in [4.78, 5) is 25.5. The first-order chi connectivity index (χ1) is 9.58. The van der Waals surface area contributed by atoms with Gasteiger partial charge in [0.05, 0.1) is 0 Å². The van der Waals surface area contributed by atoms with E-state index in [4.69, 9.17) is 4.74 Å². The zero-order valence-corrected chi connectivity index (χ0v) is 12.1. The summed E-state index contributed by atoms with van der Waals surface area (Å²) in [6.45, 7) is 4.92. The molecular weight excluding hydrogens is 254 g/mol. The van der Waals surface area contributed by atoms with Gasteiger partial charge in [0.25, 0.3) is 5.91 Å². The van der Waals surface area contributed by atoms with Crippen molar-refractivity contribution in [1.82, 2.24) is 4.90 Å². The number of likely N-dealkylation sites (tertiary alicyclic amines) is 1. The fraction of sp³-hybridized carbons (Fsp3) is 0.500. The van der Waals surface area contributed by atoms with Crippen molar-refractivity contribution >= 4 is 11.7 Å². The number of hydrogen-bond donors (Lipinski definition) is 0. The standard InChI is InChI=1S/C16H21NO3/c1-12(18)14-7-6-8-15(11-14)20-13(2)16(19)17-9-4-3-5-10-17/h6-8,11,13H,3-5,9-10H2,1-2H3. The van der Waals surface area contributed by atoms with E-state index in [0.29, 0.717) is 11.3 Å². The third kappa shape index (κ3) is 3.59. The molecular formula is C16H21NO3. The van der Waals surface area contributed by atoms with Crippen LogP contribution in [0.3, 0.4) is 0 Å². The van der Waals surface area contributed by atoms with E-state index in [1.807, 2.05) is 4.90 Å². The molecule has 108 valence electrons. The molecule has 2 rings (SSSR count). The lowest BCUT2D eigenvalue weighted by Crippen LogP contribution is -2.43. The van der Waals surface area contributed by atoms with Crippen molar-refractivity contribution in [2.75, 3.05) is 13.1 Å². The van der Waals surface area contributed by atoms with Crippen LogP contribution in [0.1, 0.15) is 43.5 Å². The number of hydrogen-bond acceptors (Lipinski definition) is 3. The number of Topliss-reactive ketones (excluding diaryl/α,β-unsaturated/α-hetero) is 1. The Morgan fingerprint density at radius 1 is 1.20 bits per heavy atom. The maximum atomic E-state index is 12.3. The van der Waals surface area contributed by atoms with E-state index in [2.05, 4.69) is 0 Å². The lowest BCUT2D eigenvalue weighted by atomic mass is 10.1. The third-order valence-electron chi connectivity index (χ3n) is 3.57. The van der Waals surface area contributed by atoms with Crippen LogP contribution in [0.5, 0.6) is 5.75 Å². The maximum Gasteiger partial charge on any atom is 0.263 e. The number of ether oxygens (including phenoxy) is 1. The van der Waals surface area contributed by atoms with Crippen molar-refractivity contribution in [2.24, 2.45) is 0 Å². The molecule has 0 aliphatic carbocycles. The molecule has 1 fully saturated rings. The van der Waals surface area contributed by atoms with Gasteiger partial charge in [-0.25, -0.2) is 0 Å². The SMILES string of the molecule is CC(=O)c1cccc(OC(C)C(=O)N2CCCCC2)c1. The highest BCUT2D eigenvalue weighted by atomic mass is 16.5. The minimum Gasteiger partial charge on any atom is -0.481 e. The van der Waals surface area contributed by atoms with Crippen molar-refractivity contribution in [3.63, 3.8) is 0 Å². The number of piperidine rings is 1. The van der Waals surface area contributed by atoms with E-state index < -0.39 is 6.10 Å². The Morgan fingerprint density at radius 3 is 2.55 bits per heavy atom. The second kappa shape index (κ2) is 6.55. The summed E-state index contributed by atoms with van der Waals surface area (Å²) in [6.07, 6.45) is 2.81. The van der Waals surface area contributed by atoms with E-state index in [9.17, 15) is 9.59 Å². The first kappa shape index (κ1) is 14.6. The van der Waals surface area contributed by atoms with Crippen molar-refractivity contribution in [2.45, 2.75) is 39.2 Å². The Labute approximate surface area is 119 Å². The number of carbonyl (C=O) groups is 2. The van der Waals surface area contributed by atoms with Gasteiger partial charge >= 0.3 is 0 Å². The van der Waals surface area contributed by atoms with Gasteiger partial charge < -0.3 is 9.64 Å². The summed E-state index contributed by atoms with van der Waals surface area (Å²) in [7, 11) is 0. The Bertz CT molecular complexity index is 492. The fourth-order valence-corrected chi connectivity index (χ4v) is 2.41. The Kier molecular flexibility index (Phi) is 4.77. The molecule has 0 bridgehead atoms. The Hall–Kier alpha value is -1.84. The Morgan fingerprint density at radius 2 is 1.90 bits per heavy atom. The summed E-state index contributed by atoms with van der Waals surface area (Å²) in [5, 5.41) is 0. The molecule has 0 spiro atoms. The number of benzene rings is 1. The predicted octanol–water partition coefficient (Wildman–Crippen LogP) is 2.67. The predicted molar refractivity (Wildman–Crippen MR) is 77.0 cm³/mol. The van der Waals surface area contributed by atoms with Crippen LogP contribution in [-0.2, 0) is 4.79 Å². The zero-order valence-electron chi connectivity index (χ0n) is 12.1. The summed E-state index contributed by atoms with van der Waals surface area (Å²) in [5.41, 5.74) is 0.597. The quantitative estimate of drug-likeness (QED) is 0.794. The van der Waals surface area contributed by atoms with Crippen molar-refractivity contribution < 1.29 is 14.3 Å². The third-order valence-corrected chi connectivity index (χ3v) is 3.57.